The first-order valence-corrected chi connectivity index (χ1v) is 8.42. The van der Waals surface area contributed by atoms with Gasteiger partial charge in [0.15, 0.2) is 11.5 Å². The number of aromatic hydroxyl groups is 2. The number of methoxy groups -OCH3 is 1. The minimum absolute atomic E-state index is 0.190. The van der Waals surface area contributed by atoms with Gasteiger partial charge in [-0.15, -0.1) is 0 Å². The van der Waals surface area contributed by atoms with Crippen LogP contribution in [0.4, 0.5) is 0 Å². The van der Waals surface area contributed by atoms with Gasteiger partial charge in [-0.3, -0.25) is 0 Å². The molecule has 0 saturated heterocycles. The van der Waals surface area contributed by atoms with E-state index in [4.69, 9.17) is 4.74 Å². The van der Waals surface area contributed by atoms with Gasteiger partial charge >= 0.3 is 0 Å². The lowest BCUT2D eigenvalue weighted by atomic mass is 9.98. The van der Waals surface area contributed by atoms with Crippen LogP contribution in [0.15, 0.2) is 60.7 Å². The highest BCUT2D eigenvalue weighted by atomic mass is 16.5. The third-order valence-corrected chi connectivity index (χ3v) is 4.32. The van der Waals surface area contributed by atoms with Gasteiger partial charge in [-0.25, -0.2) is 0 Å². The molecule has 0 spiro atoms. The van der Waals surface area contributed by atoms with E-state index in [0.29, 0.717) is 0 Å². The van der Waals surface area contributed by atoms with Crippen LogP contribution >= 0.6 is 0 Å². The van der Waals surface area contributed by atoms with Gasteiger partial charge in [0.2, 0.25) is 5.75 Å². The van der Waals surface area contributed by atoms with Gasteiger partial charge in [0.1, 0.15) is 0 Å². The molecule has 3 nitrogen and oxygen atoms in total. The fourth-order valence-corrected chi connectivity index (χ4v) is 2.92. The first-order valence-electron chi connectivity index (χ1n) is 8.42. The second-order valence-corrected chi connectivity index (χ2v) is 6.07. The largest absolute Gasteiger partial charge is 0.504 e. The molecule has 0 aromatic heterocycles. The number of phenolic OH excluding ortho intramolecular Hbond substituents is 2. The summed E-state index contributed by atoms with van der Waals surface area (Å²) in [6.07, 6.45) is 2.25. The summed E-state index contributed by atoms with van der Waals surface area (Å²) in [5.41, 5.74) is 5.41. The average Bonchev–Trinajstić information content (AvgIpc) is 2.65. The zero-order valence-corrected chi connectivity index (χ0v) is 14.5. The fraction of sp³-hybridized carbons (Fsp3) is 0.182. The van der Waals surface area contributed by atoms with Crippen LogP contribution in [0.25, 0.3) is 22.3 Å². The minimum atomic E-state index is -0.241. The topological polar surface area (TPSA) is 49.7 Å². The Morgan fingerprint density at radius 3 is 1.80 bits per heavy atom. The fourth-order valence-electron chi connectivity index (χ4n) is 2.92. The van der Waals surface area contributed by atoms with Gasteiger partial charge in [0, 0.05) is 0 Å². The van der Waals surface area contributed by atoms with Crippen molar-refractivity contribution in [3.8, 4) is 39.5 Å². The molecule has 0 unspecified atom stereocenters. The standard InChI is InChI=1S/C22H22O3/c1-3-4-15-5-7-16(8-6-15)17-9-11-18(12-10-17)19-13-20(23)22(24)21(14-19)25-2/h5-14,23-24H,3-4H2,1-2H3. The van der Waals surface area contributed by atoms with E-state index in [-0.39, 0.29) is 17.2 Å². The van der Waals surface area contributed by atoms with Crippen molar-refractivity contribution in [1.82, 2.24) is 0 Å². The van der Waals surface area contributed by atoms with Crippen LogP contribution in [0.5, 0.6) is 17.2 Å². The Morgan fingerprint density at radius 2 is 1.28 bits per heavy atom. The van der Waals surface area contributed by atoms with Crippen LogP contribution < -0.4 is 4.74 Å². The molecular formula is C22H22O3. The summed E-state index contributed by atoms with van der Waals surface area (Å²) in [4.78, 5) is 0. The second-order valence-electron chi connectivity index (χ2n) is 6.07. The van der Waals surface area contributed by atoms with Crippen molar-refractivity contribution in [2.24, 2.45) is 0 Å². The Bertz CT molecular complexity index is 850. The summed E-state index contributed by atoms with van der Waals surface area (Å²) < 4.78 is 5.10. The molecule has 0 saturated carbocycles. The highest BCUT2D eigenvalue weighted by molar-refractivity contribution is 5.73. The molecule has 2 N–H and O–H groups in total. The molecular weight excluding hydrogens is 312 g/mol. The summed E-state index contributed by atoms with van der Waals surface area (Å²) in [6, 6.07) is 20.0. The van der Waals surface area contributed by atoms with Crippen molar-refractivity contribution in [2.45, 2.75) is 19.8 Å². The Labute approximate surface area is 148 Å². The predicted molar refractivity (Wildman–Crippen MR) is 101 cm³/mol. The molecule has 0 fully saturated rings. The number of benzene rings is 3. The first-order chi connectivity index (χ1) is 12.1. The molecule has 25 heavy (non-hydrogen) atoms. The number of rotatable bonds is 5. The van der Waals surface area contributed by atoms with Crippen LogP contribution in [0.3, 0.4) is 0 Å². The van der Waals surface area contributed by atoms with E-state index in [1.807, 2.05) is 12.1 Å². The van der Waals surface area contributed by atoms with Crippen molar-refractivity contribution in [2.75, 3.05) is 7.11 Å². The van der Waals surface area contributed by atoms with Gasteiger partial charge in [-0.1, -0.05) is 61.9 Å². The molecule has 0 aliphatic heterocycles. The van der Waals surface area contributed by atoms with E-state index in [2.05, 4.69) is 43.3 Å². The van der Waals surface area contributed by atoms with Crippen LogP contribution in [0.1, 0.15) is 18.9 Å². The molecule has 0 atom stereocenters. The summed E-state index contributed by atoms with van der Waals surface area (Å²) in [6.45, 7) is 2.18. The lowest BCUT2D eigenvalue weighted by Crippen LogP contribution is -1.87. The maximum Gasteiger partial charge on any atom is 0.200 e. The molecule has 0 aliphatic carbocycles. The van der Waals surface area contributed by atoms with E-state index in [1.54, 1.807) is 6.07 Å². The number of hydrogen-bond donors (Lipinski definition) is 2. The highest BCUT2D eigenvalue weighted by Gasteiger charge is 2.11. The van der Waals surface area contributed by atoms with Crippen LogP contribution in [-0.2, 0) is 6.42 Å². The highest BCUT2D eigenvalue weighted by Crippen LogP contribution is 2.39. The summed E-state index contributed by atoms with van der Waals surface area (Å²) in [5.74, 6) is -0.175. The summed E-state index contributed by atoms with van der Waals surface area (Å²) >= 11 is 0. The molecule has 0 aliphatic rings. The Kier molecular flexibility index (Phi) is 4.94. The van der Waals surface area contributed by atoms with Gasteiger partial charge in [-0.2, -0.15) is 0 Å². The quantitative estimate of drug-likeness (QED) is 0.615. The van der Waals surface area contributed by atoms with Crippen molar-refractivity contribution >= 4 is 0 Å². The smallest absolute Gasteiger partial charge is 0.200 e. The lowest BCUT2D eigenvalue weighted by Gasteiger charge is -2.10. The average molecular weight is 334 g/mol. The first kappa shape index (κ1) is 16.9. The SMILES string of the molecule is CCCc1ccc(-c2ccc(-c3cc(O)c(O)c(OC)c3)cc2)cc1. The number of hydrogen-bond acceptors (Lipinski definition) is 3. The Hall–Kier alpha value is -2.94. The van der Waals surface area contributed by atoms with E-state index in [1.165, 1.54) is 24.3 Å². The maximum atomic E-state index is 9.85. The molecule has 0 heterocycles. The molecule has 0 radical (unpaired) electrons. The molecule has 3 heteroatoms. The molecule has 0 bridgehead atoms. The number of phenols is 2. The molecule has 0 amide bonds. The van der Waals surface area contributed by atoms with Gasteiger partial charge < -0.3 is 14.9 Å². The number of ether oxygens (including phenoxy) is 1. The van der Waals surface area contributed by atoms with Gasteiger partial charge in [0.25, 0.3) is 0 Å². The molecule has 3 aromatic rings. The van der Waals surface area contributed by atoms with Crippen molar-refractivity contribution in [1.29, 1.82) is 0 Å². The van der Waals surface area contributed by atoms with E-state index in [0.717, 1.165) is 29.5 Å². The lowest BCUT2D eigenvalue weighted by molar-refractivity contribution is 0.351. The maximum absolute atomic E-state index is 9.85. The number of aryl methyl sites for hydroxylation is 1. The second kappa shape index (κ2) is 7.31. The van der Waals surface area contributed by atoms with E-state index in [9.17, 15) is 10.2 Å². The van der Waals surface area contributed by atoms with Crippen molar-refractivity contribution < 1.29 is 14.9 Å². The van der Waals surface area contributed by atoms with Crippen LogP contribution in [-0.4, -0.2) is 17.3 Å². The predicted octanol–water partition coefficient (Wildman–Crippen LogP) is 5.39. The third kappa shape index (κ3) is 3.61. The van der Waals surface area contributed by atoms with Crippen LogP contribution in [0.2, 0.25) is 0 Å². The monoisotopic (exact) mass is 334 g/mol. The van der Waals surface area contributed by atoms with Crippen molar-refractivity contribution in [3.63, 3.8) is 0 Å². The Morgan fingerprint density at radius 1 is 0.760 bits per heavy atom. The minimum Gasteiger partial charge on any atom is -0.504 e. The zero-order chi connectivity index (χ0) is 17.8. The third-order valence-electron chi connectivity index (χ3n) is 4.32. The van der Waals surface area contributed by atoms with Crippen LogP contribution in [0, 0.1) is 0 Å². The van der Waals surface area contributed by atoms with Gasteiger partial charge in [-0.05, 0) is 46.4 Å². The molecule has 3 rings (SSSR count). The summed E-state index contributed by atoms with van der Waals surface area (Å²) in [5, 5.41) is 19.6. The van der Waals surface area contributed by atoms with E-state index < -0.39 is 0 Å². The normalized spacial score (nSPS) is 10.6. The van der Waals surface area contributed by atoms with E-state index >= 15 is 0 Å². The Balaban J connectivity index is 1.88. The zero-order valence-electron chi connectivity index (χ0n) is 14.5. The molecule has 128 valence electrons. The molecule has 3 aromatic carbocycles. The summed E-state index contributed by atoms with van der Waals surface area (Å²) in [7, 11) is 1.46. The van der Waals surface area contributed by atoms with Crippen molar-refractivity contribution in [3.05, 3.63) is 66.2 Å². The van der Waals surface area contributed by atoms with Gasteiger partial charge in [0.05, 0.1) is 7.11 Å².